The van der Waals surface area contributed by atoms with E-state index in [-0.39, 0.29) is 0 Å². The first-order chi connectivity index (χ1) is 10.8. The summed E-state index contributed by atoms with van der Waals surface area (Å²) in [7, 11) is 2.26. The molecular formula is C15H21N5S2. The van der Waals surface area contributed by atoms with Gasteiger partial charge in [0.15, 0.2) is 0 Å². The molecule has 0 N–H and O–H groups in total. The van der Waals surface area contributed by atoms with Crippen molar-refractivity contribution in [2.45, 2.75) is 38.4 Å². The molecule has 4 rings (SSSR count). The molecule has 1 saturated carbocycles. The van der Waals surface area contributed by atoms with Crippen LogP contribution in [0.5, 0.6) is 0 Å². The van der Waals surface area contributed by atoms with Gasteiger partial charge in [-0.1, -0.05) is 0 Å². The van der Waals surface area contributed by atoms with Gasteiger partial charge in [0.2, 0.25) is 0 Å². The Labute approximate surface area is 139 Å². The Morgan fingerprint density at radius 3 is 2.95 bits per heavy atom. The summed E-state index contributed by atoms with van der Waals surface area (Å²) in [6.07, 6.45) is 7.80. The SMILES string of the molecule is CN(Cc1nccs1)C1CC12CCN(Cc1cnsn1)CC2. The van der Waals surface area contributed by atoms with E-state index < -0.39 is 0 Å². The minimum atomic E-state index is 0.572. The molecule has 7 heteroatoms. The topological polar surface area (TPSA) is 45.2 Å². The second-order valence-electron chi connectivity index (χ2n) is 6.60. The maximum absolute atomic E-state index is 4.41. The minimum Gasteiger partial charge on any atom is -0.297 e. The lowest BCUT2D eigenvalue weighted by Gasteiger charge is -2.33. The second-order valence-corrected chi connectivity index (χ2v) is 8.13. The van der Waals surface area contributed by atoms with E-state index in [1.807, 2.05) is 12.4 Å². The minimum absolute atomic E-state index is 0.572. The van der Waals surface area contributed by atoms with Crippen LogP contribution in [0.3, 0.4) is 0 Å². The molecular weight excluding hydrogens is 314 g/mol. The number of likely N-dealkylation sites (tertiary alicyclic amines) is 1. The molecule has 0 aromatic carbocycles. The second kappa shape index (κ2) is 5.96. The van der Waals surface area contributed by atoms with Crippen LogP contribution in [0.2, 0.25) is 0 Å². The summed E-state index contributed by atoms with van der Waals surface area (Å²) in [6, 6.07) is 0.750. The van der Waals surface area contributed by atoms with Gasteiger partial charge >= 0.3 is 0 Å². The highest BCUT2D eigenvalue weighted by molar-refractivity contribution is 7.09. The van der Waals surface area contributed by atoms with Crippen molar-refractivity contribution in [3.8, 4) is 0 Å². The zero-order chi connectivity index (χ0) is 15.0. The Balaban J connectivity index is 1.29. The van der Waals surface area contributed by atoms with Crippen LogP contribution in [0.25, 0.3) is 0 Å². The standard InChI is InChI=1S/C15H21N5S2/c1-19(11-14-16-4-7-21-14)13-8-15(13)2-5-20(6-3-15)10-12-9-17-22-18-12/h4,7,9,13H,2-3,5-6,8,10-11H2,1H3. The number of aromatic nitrogens is 3. The first kappa shape index (κ1) is 14.7. The first-order valence-electron chi connectivity index (χ1n) is 7.83. The molecule has 1 saturated heterocycles. The lowest BCUT2D eigenvalue weighted by molar-refractivity contribution is 0.138. The van der Waals surface area contributed by atoms with Gasteiger partial charge in [-0.15, -0.1) is 11.3 Å². The summed E-state index contributed by atoms with van der Waals surface area (Å²) in [6.45, 7) is 4.35. The number of hydrogen-bond acceptors (Lipinski definition) is 7. The van der Waals surface area contributed by atoms with E-state index in [4.69, 9.17) is 0 Å². The van der Waals surface area contributed by atoms with E-state index in [0.29, 0.717) is 5.41 Å². The Kier molecular flexibility index (Phi) is 3.98. The third-order valence-corrected chi connectivity index (χ3v) is 6.47. The number of rotatable bonds is 5. The van der Waals surface area contributed by atoms with Crippen molar-refractivity contribution in [2.75, 3.05) is 20.1 Å². The van der Waals surface area contributed by atoms with Crippen LogP contribution in [0.4, 0.5) is 0 Å². The molecule has 5 nitrogen and oxygen atoms in total. The van der Waals surface area contributed by atoms with E-state index >= 15 is 0 Å². The summed E-state index contributed by atoms with van der Waals surface area (Å²) in [5.74, 6) is 0. The summed E-state index contributed by atoms with van der Waals surface area (Å²) < 4.78 is 8.41. The fourth-order valence-corrected chi connectivity index (χ4v) is 4.89. The molecule has 1 spiro atoms. The van der Waals surface area contributed by atoms with Gasteiger partial charge in [0.25, 0.3) is 0 Å². The van der Waals surface area contributed by atoms with Crippen LogP contribution in [0, 0.1) is 5.41 Å². The van der Waals surface area contributed by atoms with Crippen molar-refractivity contribution in [3.05, 3.63) is 28.5 Å². The van der Waals surface area contributed by atoms with Gasteiger partial charge in [0, 0.05) is 24.2 Å². The molecule has 1 aliphatic heterocycles. The van der Waals surface area contributed by atoms with Crippen molar-refractivity contribution in [1.29, 1.82) is 0 Å². The number of piperidine rings is 1. The van der Waals surface area contributed by atoms with E-state index in [1.165, 1.54) is 49.1 Å². The first-order valence-corrected chi connectivity index (χ1v) is 9.44. The number of thiazole rings is 1. The van der Waals surface area contributed by atoms with Gasteiger partial charge in [-0.25, -0.2) is 4.98 Å². The lowest BCUT2D eigenvalue weighted by Crippen LogP contribution is -2.37. The molecule has 118 valence electrons. The van der Waals surface area contributed by atoms with Crippen LogP contribution in [-0.2, 0) is 13.1 Å². The summed E-state index contributed by atoms with van der Waals surface area (Å²) >= 11 is 3.07. The van der Waals surface area contributed by atoms with E-state index in [0.717, 1.165) is 24.8 Å². The van der Waals surface area contributed by atoms with Crippen molar-refractivity contribution in [2.24, 2.45) is 5.41 Å². The smallest absolute Gasteiger partial charge is 0.107 e. The van der Waals surface area contributed by atoms with Crippen LogP contribution in [-0.4, -0.2) is 49.7 Å². The fourth-order valence-electron chi connectivity index (χ4n) is 3.78. The van der Waals surface area contributed by atoms with Crippen molar-refractivity contribution in [1.82, 2.24) is 23.5 Å². The van der Waals surface area contributed by atoms with E-state index in [1.54, 1.807) is 11.3 Å². The summed E-state index contributed by atoms with van der Waals surface area (Å²) in [4.78, 5) is 9.45. The van der Waals surface area contributed by atoms with Gasteiger partial charge < -0.3 is 0 Å². The van der Waals surface area contributed by atoms with Gasteiger partial charge in [-0.3, -0.25) is 9.80 Å². The van der Waals surface area contributed by atoms with Gasteiger partial charge in [0.05, 0.1) is 30.2 Å². The number of nitrogens with zero attached hydrogens (tertiary/aromatic N) is 5. The predicted molar refractivity (Wildman–Crippen MR) is 88.8 cm³/mol. The Morgan fingerprint density at radius 1 is 1.41 bits per heavy atom. The van der Waals surface area contributed by atoms with Crippen molar-refractivity contribution < 1.29 is 0 Å². The molecule has 2 fully saturated rings. The maximum atomic E-state index is 4.41. The molecule has 2 aromatic rings. The zero-order valence-electron chi connectivity index (χ0n) is 12.8. The third-order valence-electron chi connectivity index (χ3n) is 5.19. The van der Waals surface area contributed by atoms with E-state index in [9.17, 15) is 0 Å². The van der Waals surface area contributed by atoms with Crippen molar-refractivity contribution in [3.63, 3.8) is 0 Å². The Morgan fingerprint density at radius 2 is 2.27 bits per heavy atom. The highest BCUT2D eigenvalue weighted by atomic mass is 32.1. The average Bonchev–Trinajstić information content (AvgIpc) is 2.92. The molecule has 1 atom stereocenters. The molecule has 1 aliphatic carbocycles. The molecule has 3 heterocycles. The monoisotopic (exact) mass is 335 g/mol. The quantitative estimate of drug-likeness (QED) is 0.840. The predicted octanol–water partition coefficient (Wildman–Crippen LogP) is 2.48. The highest BCUT2D eigenvalue weighted by Crippen LogP contribution is 2.56. The Bertz CT molecular complexity index is 589. The summed E-state index contributed by atoms with van der Waals surface area (Å²) in [5, 5.41) is 3.30. The molecule has 2 aromatic heterocycles. The van der Waals surface area contributed by atoms with Crippen LogP contribution < -0.4 is 0 Å². The van der Waals surface area contributed by atoms with Gasteiger partial charge in [0.1, 0.15) is 5.01 Å². The van der Waals surface area contributed by atoms with Gasteiger partial charge in [-0.2, -0.15) is 8.75 Å². The Hall–Kier alpha value is -0.890. The molecule has 0 bridgehead atoms. The number of hydrogen-bond donors (Lipinski definition) is 0. The van der Waals surface area contributed by atoms with Crippen LogP contribution >= 0.6 is 23.1 Å². The average molecular weight is 336 g/mol. The normalized spacial score (nSPS) is 24.2. The largest absolute Gasteiger partial charge is 0.297 e. The zero-order valence-corrected chi connectivity index (χ0v) is 14.4. The lowest BCUT2D eigenvalue weighted by atomic mass is 9.92. The summed E-state index contributed by atoms with van der Waals surface area (Å²) in [5.41, 5.74) is 1.69. The fraction of sp³-hybridized carbons (Fsp3) is 0.667. The third kappa shape index (κ3) is 2.95. The molecule has 2 aliphatic rings. The maximum Gasteiger partial charge on any atom is 0.107 e. The molecule has 0 amide bonds. The van der Waals surface area contributed by atoms with Gasteiger partial charge in [-0.05, 0) is 44.8 Å². The van der Waals surface area contributed by atoms with Crippen molar-refractivity contribution >= 4 is 23.1 Å². The van der Waals surface area contributed by atoms with Crippen LogP contribution in [0.1, 0.15) is 30.0 Å². The molecule has 1 unspecified atom stereocenters. The van der Waals surface area contributed by atoms with E-state index in [2.05, 4.69) is 36.0 Å². The molecule has 0 radical (unpaired) electrons. The molecule has 22 heavy (non-hydrogen) atoms. The van der Waals surface area contributed by atoms with Crippen LogP contribution in [0.15, 0.2) is 17.8 Å². The highest BCUT2D eigenvalue weighted by Gasteiger charge is 2.56.